The quantitative estimate of drug-likeness (QED) is 0.774. The Kier molecular flexibility index (Phi) is 3.66. The van der Waals surface area contributed by atoms with Crippen molar-refractivity contribution in [3.05, 3.63) is 47.2 Å². The summed E-state index contributed by atoms with van der Waals surface area (Å²) >= 11 is 2.72. The number of nitrogens with one attached hydrogen (secondary N) is 2. The Balaban J connectivity index is 1.69. The summed E-state index contributed by atoms with van der Waals surface area (Å²) in [6, 6.07) is 3.70. The minimum absolute atomic E-state index is 0.268. The molecule has 0 saturated carbocycles. The van der Waals surface area contributed by atoms with Gasteiger partial charge in [0.1, 0.15) is 5.69 Å². The average molecular weight is 303 g/mol. The van der Waals surface area contributed by atoms with Gasteiger partial charge in [-0.05, 0) is 12.1 Å². The normalized spacial score (nSPS) is 10.2. The van der Waals surface area contributed by atoms with Crippen molar-refractivity contribution in [1.82, 2.24) is 15.0 Å². The Bertz CT molecular complexity index is 696. The lowest BCUT2D eigenvalue weighted by molar-refractivity contribution is 0.102. The summed E-state index contributed by atoms with van der Waals surface area (Å²) in [5.41, 5.74) is 1.19. The lowest BCUT2D eigenvalue weighted by atomic mass is 10.4. The summed E-state index contributed by atoms with van der Waals surface area (Å²) in [7, 11) is 0. The highest BCUT2D eigenvalue weighted by Crippen LogP contribution is 2.21. The molecule has 20 heavy (non-hydrogen) atoms. The molecule has 3 heterocycles. The van der Waals surface area contributed by atoms with Gasteiger partial charge in [0.2, 0.25) is 0 Å². The summed E-state index contributed by atoms with van der Waals surface area (Å²) in [4.78, 5) is 24.2. The molecular weight excluding hydrogens is 294 g/mol. The Morgan fingerprint density at radius 3 is 2.90 bits per heavy atom. The third-order valence-electron chi connectivity index (χ3n) is 2.30. The molecule has 0 bridgehead atoms. The van der Waals surface area contributed by atoms with Crippen molar-refractivity contribution < 1.29 is 4.79 Å². The summed E-state index contributed by atoms with van der Waals surface area (Å²) in [5, 5.41) is 10.5. The maximum Gasteiger partial charge on any atom is 0.276 e. The molecule has 0 spiro atoms. The molecule has 8 heteroatoms. The van der Waals surface area contributed by atoms with Gasteiger partial charge in [0.25, 0.3) is 5.91 Å². The standard InChI is InChI=1S/C12H9N5OS2/c18-10(17-11-14-4-5-19-11)9-7-20-12(16-9)15-8-2-1-3-13-6-8/h1-7H,(H,15,16)(H,14,17,18). The van der Waals surface area contributed by atoms with Crippen molar-refractivity contribution in [2.24, 2.45) is 0 Å². The van der Waals surface area contributed by atoms with Crippen LogP contribution in [0.3, 0.4) is 0 Å². The van der Waals surface area contributed by atoms with Crippen molar-refractivity contribution in [2.75, 3.05) is 10.6 Å². The van der Waals surface area contributed by atoms with Gasteiger partial charge in [0.15, 0.2) is 10.3 Å². The van der Waals surface area contributed by atoms with E-state index in [4.69, 9.17) is 0 Å². The highest BCUT2D eigenvalue weighted by molar-refractivity contribution is 7.14. The molecule has 0 radical (unpaired) electrons. The zero-order valence-corrected chi connectivity index (χ0v) is 11.7. The molecular formula is C12H9N5OS2. The van der Waals surface area contributed by atoms with Crippen molar-refractivity contribution in [3.8, 4) is 0 Å². The molecule has 100 valence electrons. The number of anilines is 3. The Morgan fingerprint density at radius 2 is 2.15 bits per heavy atom. The number of hydrogen-bond acceptors (Lipinski definition) is 7. The number of hydrogen-bond donors (Lipinski definition) is 2. The number of rotatable bonds is 4. The zero-order chi connectivity index (χ0) is 13.8. The van der Waals surface area contributed by atoms with Gasteiger partial charge in [-0.3, -0.25) is 15.1 Å². The van der Waals surface area contributed by atoms with Crippen molar-refractivity contribution >= 4 is 44.5 Å². The predicted molar refractivity (Wildman–Crippen MR) is 79.7 cm³/mol. The van der Waals surface area contributed by atoms with E-state index in [1.165, 1.54) is 22.7 Å². The molecule has 3 rings (SSSR count). The van der Waals surface area contributed by atoms with Crippen LogP contribution >= 0.6 is 22.7 Å². The van der Waals surface area contributed by atoms with Gasteiger partial charge in [-0.1, -0.05) is 0 Å². The SMILES string of the molecule is O=C(Nc1nccs1)c1csc(Nc2cccnc2)n1. The van der Waals surface area contributed by atoms with Crippen LogP contribution in [0, 0.1) is 0 Å². The number of pyridine rings is 1. The van der Waals surface area contributed by atoms with Crippen LogP contribution in [-0.2, 0) is 0 Å². The molecule has 1 amide bonds. The molecule has 3 aromatic heterocycles. The van der Waals surface area contributed by atoms with E-state index in [-0.39, 0.29) is 5.91 Å². The minimum Gasteiger partial charge on any atom is -0.330 e. The number of carbonyl (C=O) groups excluding carboxylic acids is 1. The average Bonchev–Trinajstić information content (AvgIpc) is 3.11. The fourth-order valence-corrected chi connectivity index (χ4v) is 2.68. The van der Waals surface area contributed by atoms with Gasteiger partial charge in [-0.25, -0.2) is 9.97 Å². The van der Waals surface area contributed by atoms with E-state index in [1.807, 2.05) is 12.1 Å². The second-order valence-corrected chi connectivity index (χ2v) is 5.45. The van der Waals surface area contributed by atoms with Crippen LogP contribution in [0.1, 0.15) is 10.5 Å². The van der Waals surface area contributed by atoms with Gasteiger partial charge in [-0.2, -0.15) is 0 Å². The molecule has 0 aliphatic carbocycles. The number of thiazole rings is 2. The molecule has 0 aliphatic rings. The molecule has 0 aliphatic heterocycles. The highest BCUT2D eigenvalue weighted by atomic mass is 32.1. The third-order valence-corrected chi connectivity index (χ3v) is 3.75. The molecule has 0 fully saturated rings. The van der Waals surface area contributed by atoms with E-state index in [2.05, 4.69) is 25.6 Å². The van der Waals surface area contributed by atoms with Crippen LogP contribution in [0.2, 0.25) is 0 Å². The van der Waals surface area contributed by atoms with Crippen molar-refractivity contribution in [1.29, 1.82) is 0 Å². The van der Waals surface area contributed by atoms with E-state index in [0.29, 0.717) is 16.0 Å². The lowest BCUT2D eigenvalue weighted by Gasteiger charge is -2.00. The zero-order valence-electron chi connectivity index (χ0n) is 10.1. The number of aromatic nitrogens is 3. The third kappa shape index (κ3) is 2.98. The van der Waals surface area contributed by atoms with Crippen LogP contribution in [-0.4, -0.2) is 20.9 Å². The van der Waals surface area contributed by atoms with Crippen LogP contribution in [0.25, 0.3) is 0 Å². The van der Waals surface area contributed by atoms with Crippen LogP contribution in [0.5, 0.6) is 0 Å². The minimum atomic E-state index is -0.268. The van der Waals surface area contributed by atoms with Gasteiger partial charge >= 0.3 is 0 Å². The maximum atomic E-state index is 11.9. The topological polar surface area (TPSA) is 79.8 Å². The van der Waals surface area contributed by atoms with Gasteiger partial charge in [0, 0.05) is 23.2 Å². The predicted octanol–water partition coefficient (Wildman–Crippen LogP) is 2.99. The van der Waals surface area contributed by atoms with Gasteiger partial charge in [-0.15, -0.1) is 22.7 Å². The van der Waals surface area contributed by atoms with E-state index >= 15 is 0 Å². The smallest absolute Gasteiger partial charge is 0.276 e. The van der Waals surface area contributed by atoms with Crippen LogP contribution in [0.4, 0.5) is 16.0 Å². The number of carbonyl (C=O) groups is 1. The first kappa shape index (κ1) is 12.7. The van der Waals surface area contributed by atoms with Gasteiger partial charge in [0.05, 0.1) is 11.9 Å². The van der Waals surface area contributed by atoms with Crippen LogP contribution < -0.4 is 10.6 Å². The first-order chi connectivity index (χ1) is 9.81. The first-order valence-corrected chi connectivity index (χ1v) is 7.40. The first-order valence-electron chi connectivity index (χ1n) is 5.65. The molecule has 0 atom stereocenters. The second-order valence-electron chi connectivity index (χ2n) is 3.70. The second kappa shape index (κ2) is 5.76. The Hall–Kier alpha value is -2.32. The Morgan fingerprint density at radius 1 is 1.20 bits per heavy atom. The maximum absolute atomic E-state index is 11.9. The summed E-state index contributed by atoms with van der Waals surface area (Å²) in [6.45, 7) is 0. The van der Waals surface area contributed by atoms with E-state index < -0.39 is 0 Å². The van der Waals surface area contributed by atoms with Crippen LogP contribution in [0.15, 0.2) is 41.5 Å². The van der Waals surface area contributed by atoms with Gasteiger partial charge < -0.3 is 5.32 Å². The van der Waals surface area contributed by atoms with E-state index in [1.54, 1.807) is 29.4 Å². The molecule has 0 saturated heterocycles. The monoisotopic (exact) mass is 303 g/mol. The lowest BCUT2D eigenvalue weighted by Crippen LogP contribution is -2.12. The summed E-state index contributed by atoms with van der Waals surface area (Å²) in [6.07, 6.45) is 5.02. The van der Waals surface area contributed by atoms with Crippen molar-refractivity contribution in [2.45, 2.75) is 0 Å². The van der Waals surface area contributed by atoms with Crippen molar-refractivity contribution in [3.63, 3.8) is 0 Å². The molecule has 0 unspecified atom stereocenters. The van der Waals surface area contributed by atoms with E-state index in [0.717, 1.165) is 5.69 Å². The summed E-state index contributed by atoms with van der Waals surface area (Å²) in [5.74, 6) is -0.268. The molecule has 2 N–H and O–H groups in total. The fraction of sp³-hybridized carbons (Fsp3) is 0. The highest BCUT2D eigenvalue weighted by Gasteiger charge is 2.12. The Labute approximate surface area is 122 Å². The molecule has 3 aromatic rings. The molecule has 0 aromatic carbocycles. The molecule has 6 nitrogen and oxygen atoms in total. The fourth-order valence-electron chi connectivity index (χ4n) is 1.44. The number of amides is 1. The number of nitrogens with zero attached hydrogens (tertiary/aromatic N) is 3. The van der Waals surface area contributed by atoms with E-state index in [9.17, 15) is 4.79 Å². The largest absolute Gasteiger partial charge is 0.330 e. The summed E-state index contributed by atoms with van der Waals surface area (Å²) < 4.78 is 0.